The molecular weight excluding hydrogens is 485 g/mol. The van der Waals surface area contributed by atoms with Crippen molar-refractivity contribution in [2.45, 2.75) is 13.1 Å². The van der Waals surface area contributed by atoms with Gasteiger partial charge in [0.25, 0.3) is 5.56 Å². The van der Waals surface area contributed by atoms with E-state index < -0.39 is 0 Å². The van der Waals surface area contributed by atoms with E-state index in [2.05, 4.69) is 33.0 Å². The Bertz CT molecular complexity index is 1060. The largest absolute Gasteiger partial charge is 0.497 e. The first kappa shape index (κ1) is 20.8. The number of nitrogens with one attached hydrogen (secondary N) is 1. The third-order valence-electron chi connectivity index (χ3n) is 4.25. The number of aromatic nitrogens is 2. The number of hydrogen-bond donors (Lipinski definition) is 1. The highest BCUT2D eigenvalue weighted by molar-refractivity contribution is 14.1. The van der Waals surface area contributed by atoms with E-state index in [9.17, 15) is 9.59 Å². The summed E-state index contributed by atoms with van der Waals surface area (Å²) in [6, 6.07) is 16.1. The van der Waals surface area contributed by atoms with Gasteiger partial charge >= 0.3 is 0 Å². The summed E-state index contributed by atoms with van der Waals surface area (Å²) in [7, 11) is 3.12. The molecule has 2 aromatic carbocycles. The van der Waals surface area contributed by atoms with Gasteiger partial charge in [-0.05, 0) is 64.6 Å². The third-order valence-corrected chi connectivity index (χ3v) is 4.96. The number of methoxy groups -OCH3 is 2. The highest BCUT2D eigenvalue weighted by Gasteiger charge is 2.12. The zero-order chi connectivity index (χ0) is 20.8. The first-order valence-corrected chi connectivity index (χ1v) is 9.89. The Balaban J connectivity index is 1.78. The number of hydrogen-bond acceptors (Lipinski definition) is 5. The van der Waals surface area contributed by atoms with Crippen LogP contribution in [0.2, 0.25) is 0 Å². The summed E-state index contributed by atoms with van der Waals surface area (Å²) in [6.07, 6.45) is 0. The lowest BCUT2D eigenvalue weighted by atomic mass is 10.1. The van der Waals surface area contributed by atoms with Crippen LogP contribution in [0.1, 0.15) is 5.56 Å². The molecule has 150 valence electrons. The monoisotopic (exact) mass is 505 g/mol. The van der Waals surface area contributed by atoms with Crippen molar-refractivity contribution in [3.8, 4) is 22.8 Å². The van der Waals surface area contributed by atoms with Crippen molar-refractivity contribution in [2.24, 2.45) is 0 Å². The number of rotatable bonds is 7. The number of benzene rings is 2. The molecule has 0 aliphatic heterocycles. The fraction of sp³-hybridized carbons (Fsp3) is 0.190. The van der Waals surface area contributed by atoms with Crippen molar-refractivity contribution in [3.05, 3.63) is 74.1 Å². The zero-order valence-corrected chi connectivity index (χ0v) is 18.2. The van der Waals surface area contributed by atoms with Gasteiger partial charge in [0.15, 0.2) is 0 Å². The summed E-state index contributed by atoms with van der Waals surface area (Å²) in [6.45, 7) is 0.206. The minimum absolute atomic E-state index is 0.177. The van der Waals surface area contributed by atoms with E-state index in [4.69, 9.17) is 9.47 Å². The summed E-state index contributed by atoms with van der Waals surface area (Å²) in [5.41, 5.74) is 1.79. The van der Waals surface area contributed by atoms with Crippen LogP contribution >= 0.6 is 22.6 Å². The average molecular weight is 505 g/mol. The number of amides is 1. The third kappa shape index (κ3) is 5.35. The van der Waals surface area contributed by atoms with Gasteiger partial charge in [-0.1, -0.05) is 12.1 Å². The number of carbonyl (C=O) groups excluding carboxylic acids is 1. The molecule has 0 spiro atoms. The van der Waals surface area contributed by atoms with Gasteiger partial charge in [-0.25, -0.2) is 4.68 Å². The molecule has 3 aromatic rings. The molecule has 0 atom stereocenters. The van der Waals surface area contributed by atoms with Crippen molar-refractivity contribution >= 4 is 28.5 Å². The Hall–Kier alpha value is -2.88. The molecule has 7 nitrogen and oxygen atoms in total. The van der Waals surface area contributed by atoms with E-state index in [0.717, 1.165) is 13.8 Å². The van der Waals surface area contributed by atoms with Crippen LogP contribution in [0.4, 0.5) is 0 Å². The summed E-state index contributed by atoms with van der Waals surface area (Å²) >= 11 is 2.22. The fourth-order valence-electron chi connectivity index (χ4n) is 2.71. The van der Waals surface area contributed by atoms with Crippen LogP contribution < -0.4 is 20.3 Å². The highest BCUT2D eigenvalue weighted by Crippen LogP contribution is 2.31. The minimum Gasteiger partial charge on any atom is -0.497 e. The van der Waals surface area contributed by atoms with E-state index in [1.165, 1.54) is 6.07 Å². The van der Waals surface area contributed by atoms with Crippen LogP contribution in [0.25, 0.3) is 11.3 Å². The number of carbonyl (C=O) groups is 1. The standard InChI is InChI=1S/C21H20IN3O4/c1-28-16-7-9-19(29-2)17(11-16)18-8-10-21(27)25(24-18)13-20(26)23-12-14-3-5-15(22)6-4-14/h3-11H,12-13H2,1-2H3,(H,23,26). The maximum Gasteiger partial charge on any atom is 0.267 e. The van der Waals surface area contributed by atoms with E-state index in [1.54, 1.807) is 38.5 Å². The first-order chi connectivity index (χ1) is 14.0. The van der Waals surface area contributed by atoms with E-state index in [0.29, 0.717) is 29.3 Å². The molecule has 0 aliphatic carbocycles. The second kappa shape index (κ2) is 9.55. The number of nitrogens with zero attached hydrogens (tertiary/aromatic N) is 2. The molecule has 0 fully saturated rings. The van der Waals surface area contributed by atoms with Crippen LogP contribution in [0.15, 0.2) is 59.4 Å². The molecule has 8 heteroatoms. The minimum atomic E-state index is -0.361. The van der Waals surface area contributed by atoms with Crippen molar-refractivity contribution in [3.63, 3.8) is 0 Å². The lowest BCUT2D eigenvalue weighted by molar-refractivity contribution is -0.122. The Morgan fingerprint density at radius 3 is 2.52 bits per heavy atom. The molecule has 0 aliphatic rings. The molecule has 1 amide bonds. The maximum atomic E-state index is 12.3. The van der Waals surface area contributed by atoms with Crippen LogP contribution in [-0.2, 0) is 17.9 Å². The zero-order valence-electron chi connectivity index (χ0n) is 16.0. The summed E-state index contributed by atoms with van der Waals surface area (Å²) in [4.78, 5) is 24.5. The van der Waals surface area contributed by atoms with Gasteiger partial charge < -0.3 is 14.8 Å². The Kier molecular flexibility index (Phi) is 6.86. The molecule has 1 N–H and O–H groups in total. The number of halogens is 1. The van der Waals surface area contributed by atoms with E-state index in [-0.39, 0.29) is 18.0 Å². The molecule has 0 saturated carbocycles. The first-order valence-electron chi connectivity index (χ1n) is 8.82. The fourth-order valence-corrected chi connectivity index (χ4v) is 3.07. The van der Waals surface area contributed by atoms with E-state index >= 15 is 0 Å². The van der Waals surface area contributed by atoms with Gasteiger partial charge in [-0.15, -0.1) is 0 Å². The Morgan fingerprint density at radius 2 is 1.83 bits per heavy atom. The van der Waals surface area contributed by atoms with Gasteiger partial charge in [0.1, 0.15) is 18.0 Å². The second-order valence-corrected chi connectivity index (χ2v) is 7.43. The average Bonchev–Trinajstić information content (AvgIpc) is 2.74. The van der Waals surface area contributed by atoms with Crippen LogP contribution in [0.5, 0.6) is 11.5 Å². The van der Waals surface area contributed by atoms with Crippen LogP contribution in [0.3, 0.4) is 0 Å². The van der Waals surface area contributed by atoms with E-state index in [1.807, 2.05) is 24.3 Å². The smallest absolute Gasteiger partial charge is 0.267 e. The lowest BCUT2D eigenvalue weighted by Gasteiger charge is -2.12. The summed E-state index contributed by atoms with van der Waals surface area (Å²) in [5.74, 6) is 0.926. The van der Waals surface area contributed by atoms with Gasteiger partial charge in [0.05, 0.1) is 19.9 Å². The lowest BCUT2D eigenvalue weighted by Crippen LogP contribution is -2.33. The molecule has 0 unspecified atom stereocenters. The normalized spacial score (nSPS) is 10.4. The Labute approximate surface area is 181 Å². The van der Waals surface area contributed by atoms with Crippen LogP contribution in [0, 0.1) is 3.57 Å². The van der Waals surface area contributed by atoms with Crippen molar-refractivity contribution in [1.82, 2.24) is 15.1 Å². The molecule has 29 heavy (non-hydrogen) atoms. The maximum absolute atomic E-state index is 12.3. The summed E-state index contributed by atoms with van der Waals surface area (Å²) in [5, 5.41) is 7.15. The van der Waals surface area contributed by atoms with Crippen molar-refractivity contribution in [1.29, 1.82) is 0 Å². The highest BCUT2D eigenvalue weighted by atomic mass is 127. The van der Waals surface area contributed by atoms with Gasteiger partial charge in [-0.2, -0.15) is 5.10 Å². The second-order valence-electron chi connectivity index (χ2n) is 6.18. The molecule has 0 bridgehead atoms. The molecule has 1 heterocycles. The van der Waals surface area contributed by atoms with Crippen molar-refractivity contribution in [2.75, 3.05) is 14.2 Å². The predicted octanol–water partition coefficient (Wildman–Crippen LogP) is 2.85. The molecule has 1 aromatic heterocycles. The van der Waals surface area contributed by atoms with Gasteiger partial charge in [-0.3, -0.25) is 9.59 Å². The Morgan fingerprint density at radius 1 is 1.07 bits per heavy atom. The molecular formula is C21H20IN3O4. The number of ether oxygens (including phenoxy) is 2. The molecule has 0 radical (unpaired) electrons. The quantitative estimate of drug-likeness (QED) is 0.500. The summed E-state index contributed by atoms with van der Waals surface area (Å²) < 4.78 is 12.9. The molecule has 0 saturated heterocycles. The van der Waals surface area contributed by atoms with Crippen LogP contribution in [-0.4, -0.2) is 29.9 Å². The SMILES string of the molecule is COc1ccc(OC)c(-c2ccc(=O)n(CC(=O)NCc3ccc(I)cc3)n2)c1. The predicted molar refractivity (Wildman–Crippen MR) is 118 cm³/mol. The molecule has 3 rings (SSSR count). The van der Waals surface area contributed by atoms with Gasteiger partial charge in [0, 0.05) is 21.7 Å². The topological polar surface area (TPSA) is 82.5 Å². The van der Waals surface area contributed by atoms with Crippen molar-refractivity contribution < 1.29 is 14.3 Å². The van der Waals surface area contributed by atoms with Gasteiger partial charge in [0.2, 0.25) is 5.91 Å².